The maximum Gasteiger partial charge on any atom is 0.332 e. The highest BCUT2D eigenvalue weighted by atomic mass is 16.2. The molecule has 2 aromatic carbocycles. The van der Waals surface area contributed by atoms with Crippen molar-refractivity contribution in [3.63, 3.8) is 0 Å². The highest BCUT2D eigenvalue weighted by Gasteiger charge is 2.44. The fourth-order valence-corrected chi connectivity index (χ4v) is 3.18. The first-order chi connectivity index (χ1) is 13.5. The first-order valence-corrected chi connectivity index (χ1v) is 8.96. The van der Waals surface area contributed by atoms with Gasteiger partial charge in [-0.05, 0) is 31.2 Å². The standard InChI is InChI=1S/C21H20N4O3/c1-16-20(27)24(21(28)25(16)18-11-6-3-7-12-18)15-19(26)23(14-8-13-22)17-9-4-2-5-10-17/h2-7,9-12,16H,8,14-15H2,1H3. The third-order valence-electron chi connectivity index (χ3n) is 4.59. The van der Waals surface area contributed by atoms with Crippen LogP contribution in [0, 0.1) is 11.3 Å². The second-order valence-corrected chi connectivity index (χ2v) is 6.38. The molecule has 3 rings (SSSR count). The van der Waals surface area contributed by atoms with E-state index in [1.165, 1.54) is 9.80 Å². The molecule has 0 aliphatic carbocycles. The minimum atomic E-state index is -0.688. The summed E-state index contributed by atoms with van der Waals surface area (Å²) in [4.78, 5) is 42.2. The number of carbonyl (C=O) groups excluding carboxylic acids is 3. The molecule has 1 aliphatic heterocycles. The maximum absolute atomic E-state index is 12.9. The molecule has 1 atom stereocenters. The van der Waals surface area contributed by atoms with E-state index in [1.54, 1.807) is 55.5 Å². The summed E-state index contributed by atoms with van der Waals surface area (Å²) in [7, 11) is 0. The van der Waals surface area contributed by atoms with Crippen molar-refractivity contribution in [3.05, 3.63) is 60.7 Å². The highest BCUT2D eigenvalue weighted by molar-refractivity contribution is 6.16. The monoisotopic (exact) mass is 376 g/mol. The number of nitriles is 1. The van der Waals surface area contributed by atoms with E-state index in [0.29, 0.717) is 11.4 Å². The van der Waals surface area contributed by atoms with Crippen molar-refractivity contribution in [2.24, 2.45) is 0 Å². The molecule has 1 unspecified atom stereocenters. The second-order valence-electron chi connectivity index (χ2n) is 6.38. The van der Waals surface area contributed by atoms with E-state index in [4.69, 9.17) is 5.26 Å². The number of nitrogens with zero attached hydrogens (tertiary/aromatic N) is 4. The molecule has 142 valence electrons. The number of rotatable bonds is 6. The van der Waals surface area contributed by atoms with Gasteiger partial charge in [-0.1, -0.05) is 36.4 Å². The van der Waals surface area contributed by atoms with Crippen molar-refractivity contribution < 1.29 is 14.4 Å². The van der Waals surface area contributed by atoms with E-state index in [9.17, 15) is 14.4 Å². The Morgan fingerprint density at radius 1 is 1.07 bits per heavy atom. The zero-order valence-electron chi connectivity index (χ0n) is 15.5. The average molecular weight is 376 g/mol. The summed E-state index contributed by atoms with van der Waals surface area (Å²) in [6.07, 6.45) is 0.148. The number of imide groups is 1. The summed E-state index contributed by atoms with van der Waals surface area (Å²) in [5.41, 5.74) is 1.22. The first-order valence-electron chi connectivity index (χ1n) is 8.96. The Labute approximate surface area is 163 Å². The quantitative estimate of drug-likeness (QED) is 0.726. The number of para-hydroxylation sites is 2. The van der Waals surface area contributed by atoms with Crippen LogP contribution in [0.1, 0.15) is 13.3 Å². The predicted octanol–water partition coefficient (Wildman–Crippen LogP) is 2.79. The molecular formula is C21H20N4O3. The van der Waals surface area contributed by atoms with Gasteiger partial charge in [-0.3, -0.25) is 19.4 Å². The smallest absolute Gasteiger partial charge is 0.310 e. The van der Waals surface area contributed by atoms with E-state index >= 15 is 0 Å². The molecular weight excluding hydrogens is 356 g/mol. The van der Waals surface area contributed by atoms with Crippen LogP contribution in [0.3, 0.4) is 0 Å². The molecule has 0 aromatic heterocycles. The van der Waals surface area contributed by atoms with Gasteiger partial charge in [0, 0.05) is 17.9 Å². The average Bonchev–Trinajstić information content (AvgIpc) is 2.93. The van der Waals surface area contributed by atoms with E-state index in [1.807, 2.05) is 18.2 Å². The number of carbonyl (C=O) groups is 3. The fourth-order valence-electron chi connectivity index (χ4n) is 3.18. The summed E-state index contributed by atoms with van der Waals surface area (Å²) < 4.78 is 0. The van der Waals surface area contributed by atoms with E-state index < -0.39 is 23.9 Å². The molecule has 1 heterocycles. The van der Waals surface area contributed by atoms with E-state index in [0.717, 1.165) is 4.90 Å². The fraction of sp³-hybridized carbons (Fsp3) is 0.238. The molecule has 1 fully saturated rings. The van der Waals surface area contributed by atoms with Crippen molar-refractivity contribution in [3.8, 4) is 6.07 Å². The van der Waals surface area contributed by atoms with Crippen LogP contribution >= 0.6 is 0 Å². The Morgan fingerprint density at radius 3 is 2.29 bits per heavy atom. The van der Waals surface area contributed by atoms with Gasteiger partial charge < -0.3 is 4.90 Å². The van der Waals surface area contributed by atoms with Crippen LogP contribution in [-0.4, -0.2) is 41.9 Å². The van der Waals surface area contributed by atoms with Crippen LogP contribution in [0.25, 0.3) is 0 Å². The van der Waals surface area contributed by atoms with E-state index in [2.05, 4.69) is 0 Å². The van der Waals surface area contributed by atoms with Crippen LogP contribution in [0.15, 0.2) is 60.7 Å². The van der Waals surface area contributed by atoms with Crippen LogP contribution in [0.5, 0.6) is 0 Å². The molecule has 1 saturated heterocycles. The molecule has 2 aromatic rings. The molecule has 0 spiro atoms. The molecule has 7 heteroatoms. The normalized spacial score (nSPS) is 16.2. The molecule has 0 bridgehead atoms. The van der Waals surface area contributed by atoms with Crippen molar-refractivity contribution in [1.29, 1.82) is 5.26 Å². The summed E-state index contributed by atoms with van der Waals surface area (Å²) in [6, 6.07) is 18.6. The second kappa shape index (κ2) is 8.35. The van der Waals surface area contributed by atoms with Crippen molar-refractivity contribution in [2.45, 2.75) is 19.4 Å². The third kappa shape index (κ3) is 3.71. The highest BCUT2D eigenvalue weighted by Crippen LogP contribution is 2.26. The third-order valence-corrected chi connectivity index (χ3v) is 4.59. The lowest BCUT2D eigenvalue weighted by Gasteiger charge is -2.24. The number of anilines is 2. The minimum absolute atomic E-state index is 0.148. The number of hydrogen-bond donors (Lipinski definition) is 0. The van der Waals surface area contributed by atoms with E-state index in [-0.39, 0.29) is 19.5 Å². The molecule has 4 amide bonds. The Bertz CT molecular complexity index is 908. The van der Waals surface area contributed by atoms with Gasteiger partial charge in [-0.25, -0.2) is 4.79 Å². The Hall–Kier alpha value is -3.66. The molecule has 0 radical (unpaired) electrons. The van der Waals surface area contributed by atoms with Gasteiger partial charge in [0.15, 0.2) is 0 Å². The number of urea groups is 1. The van der Waals surface area contributed by atoms with Crippen LogP contribution in [0.4, 0.5) is 16.2 Å². The number of hydrogen-bond acceptors (Lipinski definition) is 4. The number of amides is 4. The molecule has 1 aliphatic rings. The summed E-state index contributed by atoms with van der Waals surface area (Å²) in [5.74, 6) is -0.833. The Balaban J connectivity index is 1.81. The lowest BCUT2D eigenvalue weighted by atomic mass is 10.2. The topological polar surface area (TPSA) is 84.7 Å². The van der Waals surface area contributed by atoms with Gasteiger partial charge in [0.05, 0.1) is 12.5 Å². The lowest BCUT2D eigenvalue weighted by Crippen LogP contribution is -2.44. The Kier molecular flexibility index (Phi) is 5.70. The zero-order chi connectivity index (χ0) is 20.1. The zero-order valence-corrected chi connectivity index (χ0v) is 15.5. The predicted molar refractivity (Wildman–Crippen MR) is 105 cm³/mol. The van der Waals surface area contributed by atoms with Gasteiger partial charge in [-0.2, -0.15) is 5.26 Å². The lowest BCUT2D eigenvalue weighted by molar-refractivity contribution is -0.131. The van der Waals surface area contributed by atoms with Crippen molar-refractivity contribution in [1.82, 2.24) is 4.90 Å². The van der Waals surface area contributed by atoms with Crippen molar-refractivity contribution >= 4 is 29.2 Å². The minimum Gasteiger partial charge on any atom is -0.310 e. The summed E-state index contributed by atoms with van der Waals surface area (Å²) >= 11 is 0. The SMILES string of the molecule is CC1C(=O)N(CC(=O)N(CCC#N)c2ccccc2)C(=O)N1c1ccccc1. The molecule has 0 saturated carbocycles. The molecule has 28 heavy (non-hydrogen) atoms. The van der Waals surface area contributed by atoms with Crippen LogP contribution in [0.2, 0.25) is 0 Å². The van der Waals surface area contributed by atoms with Gasteiger partial charge in [0.25, 0.3) is 5.91 Å². The molecule has 0 N–H and O–H groups in total. The van der Waals surface area contributed by atoms with Gasteiger partial charge in [0.1, 0.15) is 12.6 Å². The van der Waals surface area contributed by atoms with Crippen LogP contribution < -0.4 is 9.80 Å². The maximum atomic E-state index is 12.9. The molecule has 7 nitrogen and oxygen atoms in total. The van der Waals surface area contributed by atoms with Gasteiger partial charge in [0.2, 0.25) is 5.91 Å². The van der Waals surface area contributed by atoms with Crippen molar-refractivity contribution in [2.75, 3.05) is 22.9 Å². The Morgan fingerprint density at radius 2 is 1.68 bits per heavy atom. The van der Waals surface area contributed by atoms with Gasteiger partial charge >= 0.3 is 6.03 Å². The number of benzene rings is 2. The van der Waals surface area contributed by atoms with Gasteiger partial charge in [-0.15, -0.1) is 0 Å². The first kappa shape index (κ1) is 19.1. The summed E-state index contributed by atoms with van der Waals surface area (Å²) in [5, 5.41) is 8.89. The summed E-state index contributed by atoms with van der Waals surface area (Å²) in [6.45, 7) is 1.46. The largest absolute Gasteiger partial charge is 0.332 e. The van der Waals surface area contributed by atoms with Crippen LogP contribution in [-0.2, 0) is 9.59 Å².